The summed E-state index contributed by atoms with van der Waals surface area (Å²) in [6.45, 7) is 0. The Morgan fingerprint density at radius 1 is 0.375 bits per heavy atom. The number of hydrogen-bond donors (Lipinski definition) is 0. The highest BCUT2D eigenvalue weighted by Gasteiger charge is 2.18. The predicted octanol–water partition coefficient (Wildman–Crippen LogP) is 11.4. The van der Waals surface area contributed by atoms with E-state index >= 15 is 0 Å². The van der Waals surface area contributed by atoms with Crippen molar-refractivity contribution >= 4 is 64.6 Å². The van der Waals surface area contributed by atoms with Gasteiger partial charge in [0.25, 0.3) is 0 Å². The van der Waals surface area contributed by atoms with Gasteiger partial charge in [0.1, 0.15) is 0 Å². The maximum absolute atomic E-state index is 8.57. The van der Waals surface area contributed by atoms with E-state index in [0.29, 0.717) is 5.56 Å². The molecule has 0 spiro atoms. The fraction of sp³-hybridized carbons (Fsp3) is 0. The van der Waals surface area contributed by atoms with Crippen molar-refractivity contribution in [2.45, 2.75) is 0 Å². The summed E-state index contributed by atoms with van der Waals surface area (Å²) in [6, 6.07) is 39.4. The van der Waals surface area contributed by atoms with Gasteiger partial charge in [0.2, 0.25) is 0 Å². The van der Waals surface area contributed by atoms with Crippen LogP contribution in [0.5, 0.6) is 0 Å². The van der Waals surface area contributed by atoms with Gasteiger partial charge in [-0.1, -0.05) is 127 Å². The van der Waals surface area contributed by atoms with E-state index in [-0.39, 0.29) is 35.8 Å². The molecule has 0 saturated heterocycles. The summed E-state index contributed by atoms with van der Waals surface area (Å²) in [5, 5.41) is 13.8. The van der Waals surface area contributed by atoms with Crippen molar-refractivity contribution in [3.05, 3.63) is 145 Å². The minimum atomic E-state index is -0.382. The van der Waals surface area contributed by atoms with Crippen LogP contribution in [0.2, 0.25) is 0 Å². The molecular weight excluding hydrogens is 480 g/mol. The Kier molecular flexibility index (Phi) is 3.54. The zero-order valence-electron chi connectivity index (χ0n) is 26.5. The third-order valence-corrected chi connectivity index (χ3v) is 8.41. The molecule has 0 saturated carbocycles. The van der Waals surface area contributed by atoms with Crippen molar-refractivity contribution in [2.24, 2.45) is 0 Å². The van der Waals surface area contributed by atoms with Crippen molar-refractivity contribution in [1.82, 2.24) is 0 Å². The SMILES string of the molecule is [2H]c1c([2H])c([2H])c(-c2cc3ccc4ccc(-c5c6ccccc6cc6ccc7ccccc7c56)c5ccc(c2)c3c45)c([2H])c1[2H]. The topological polar surface area (TPSA) is 0 Å². The van der Waals surface area contributed by atoms with Gasteiger partial charge >= 0.3 is 0 Å². The first-order chi connectivity index (χ1) is 21.9. The molecule has 40 heavy (non-hydrogen) atoms. The van der Waals surface area contributed by atoms with Crippen LogP contribution in [0.3, 0.4) is 0 Å². The lowest BCUT2D eigenvalue weighted by Gasteiger charge is -2.19. The van der Waals surface area contributed by atoms with E-state index in [1.54, 1.807) is 0 Å². The average molecular weight is 510 g/mol. The molecule has 0 atom stereocenters. The normalized spacial score (nSPS) is 13.8. The largest absolute Gasteiger partial charge is 0.0629 e. The van der Waals surface area contributed by atoms with E-state index in [9.17, 15) is 0 Å². The second-order valence-corrected chi connectivity index (χ2v) is 10.5. The average Bonchev–Trinajstić information content (AvgIpc) is 3.07. The van der Waals surface area contributed by atoms with Crippen molar-refractivity contribution < 1.29 is 6.85 Å². The standard InChI is InChI=1S/C40H24/c1-2-8-25(9-3-1)32-23-29-17-15-27-18-20-36(35-21-19-30(24-32)37(29)38(27)35)40-34-13-7-5-11-28(34)22-31-16-14-26-10-4-6-12-33(26)39(31)40/h1-24H/i1D,2D,3D,8D,9D. The Labute approximate surface area is 239 Å². The van der Waals surface area contributed by atoms with E-state index < -0.39 is 0 Å². The van der Waals surface area contributed by atoms with Crippen LogP contribution in [-0.2, 0) is 0 Å². The summed E-state index contributed by atoms with van der Waals surface area (Å²) < 4.78 is 41.6. The fourth-order valence-electron chi connectivity index (χ4n) is 6.70. The molecule has 0 aromatic heterocycles. The van der Waals surface area contributed by atoms with Crippen LogP contribution in [0.25, 0.3) is 86.9 Å². The number of hydrogen-bond acceptors (Lipinski definition) is 0. The second-order valence-electron chi connectivity index (χ2n) is 10.5. The van der Waals surface area contributed by atoms with Gasteiger partial charge in [-0.3, -0.25) is 0 Å². The van der Waals surface area contributed by atoms with Crippen LogP contribution >= 0.6 is 0 Å². The van der Waals surface area contributed by atoms with E-state index in [0.717, 1.165) is 32.3 Å². The monoisotopic (exact) mass is 509 g/mol. The molecule has 0 aliphatic rings. The molecule has 0 bridgehead atoms. The third-order valence-electron chi connectivity index (χ3n) is 8.41. The predicted molar refractivity (Wildman–Crippen MR) is 174 cm³/mol. The maximum Gasteiger partial charge on any atom is 0.0629 e. The van der Waals surface area contributed by atoms with Crippen LogP contribution in [0.15, 0.2) is 145 Å². The Morgan fingerprint density at radius 2 is 1.00 bits per heavy atom. The molecule has 184 valence electrons. The van der Waals surface area contributed by atoms with Crippen LogP contribution in [0.4, 0.5) is 0 Å². The summed E-state index contributed by atoms with van der Waals surface area (Å²) in [5.74, 6) is 0. The molecule has 0 unspecified atom stereocenters. The molecule has 0 heteroatoms. The van der Waals surface area contributed by atoms with Crippen molar-refractivity contribution in [3.63, 3.8) is 0 Å². The van der Waals surface area contributed by atoms with Gasteiger partial charge in [-0.05, 0) is 105 Å². The first-order valence-electron chi connectivity index (χ1n) is 16.0. The smallest absolute Gasteiger partial charge is 0.0622 e. The summed E-state index contributed by atoms with van der Waals surface area (Å²) >= 11 is 0. The van der Waals surface area contributed by atoms with Gasteiger partial charge in [0, 0.05) is 0 Å². The molecule has 0 aliphatic heterocycles. The van der Waals surface area contributed by atoms with Crippen molar-refractivity contribution in [1.29, 1.82) is 0 Å². The third kappa shape index (κ3) is 3.02. The van der Waals surface area contributed by atoms with Gasteiger partial charge < -0.3 is 0 Å². The van der Waals surface area contributed by atoms with Gasteiger partial charge in [0.15, 0.2) is 0 Å². The molecule has 9 rings (SSSR count). The molecule has 0 heterocycles. The highest BCUT2D eigenvalue weighted by atomic mass is 14.2. The lowest BCUT2D eigenvalue weighted by Crippen LogP contribution is -1.91. The number of benzene rings is 9. The summed E-state index contributed by atoms with van der Waals surface area (Å²) in [4.78, 5) is 0. The molecule has 0 N–H and O–H groups in total. The Hall–Kier alpha value is -5.20. The zero-order valence-corrected chi connectivity index (χ0v) is 21.5. The van der Waals surface area contributed by atoms with Crippen molar-refractivity contribution in [3.8, 4) is 22.3 Å². The summed E-state index contributed by atoms with van der Waals surface area (Å²) in [5.41, 5.74) is 3.23. The van der Waals surface area contributed by atoms with E-state index in [4.69, 9.17) is 6.85 Å². The van der Waals surface area contributed by atoms with Gasteiger partial charge in [0.05, 0.1) is 6.85 Å². The summed E-state index contributed by atoms with van der Waals surface area (Å²) in [7, 11) is 0. The van der Waals surface area contributed by atoms with Gasteiger partial charge in [-0.25, -0.2) is 0 Å². The minimum Gasteiger partial charge on any atom is -0.0622 e. The lowest BCUT2D eigenvalue weighted by atomic mass is 9.84. The molecule has 0 amide bonds. The second kappa shape index (κ2) is 8.15. The molecule has 0 radical (unpaired) electrons. The van der Waals surface area contributed by atoms with Gasteiger partial charge in [-0.15, -0.1) is 0 Å². The van der Waals surface area contributed by atoms with Crippen LogP contribution in [-0.4, -0.2) is 0 Å². The van der Waals surface area contributed by atoms with Crippen molar-refractivity contribution in [2.75, 3.05) is 0 Å². The highest BCUT2D eigenvalue weighted by Crippen LogP contribution is 2.46. The quantitative estimate of drug-likeness (QED) is 0.161. The zero-order chi connectivity index (χ0) is 30.6. The van der Waals surface area contributed by atoms with E-state index in [2.05, 4.69) is 103 Å². The van der Waals surface area contributed by atoms with Crippen LogP contribution in [0, 0.1) is 0 Å². The Morgan fingerprint density at radius 3 is 1.82 bits per heavy atom. The Bertz CT molecular complexity index is 2660. The van der Waals surface area contributed by atoms with Crippen LogP contribution < -0.4 is 0 Å². The molecule has 0 aliphatic carbocycles. The fourth-order valence-corrected chi connectivity index (χ4v) is 6.70. The molecule has 0 nitrogen and oxygen atoms in total. The van der Waals surface area contributed by atoms with Crippen LogP contribution in [0.1, 0.15) is 6.85 Å². The molecule has 0 fully saturated rings. The Balaban J connectivity index is 1.40. The lowest BCUT2D eigenvalue weighted by molar-refractivity contribution is 1.66. The maximum atomic E-state index is 8.57. The van der Waals surface area contributed by atoms with E-state index in [1.807, 2.05) is 12.1 Å². The minimum absolute atomic E-state index is 0.189. The first-order valence-corrected chi connectivity index (χ1v) is 13.5. The summed E-state index contributed by atoms with van der Waals surface area (Å²) in [6.07, 6.45) is 0. The number of fused-ring (bicyclic) bond motifs is 4. The highest BCUT2D eigenvalue weighted by molar-refractivity contribution is 6.30. The van der Waals surface area contributed by atoms with Gasteiger partial charge in [-0.2, -0.15) is 0 Å². The molecular formula is C40H24. The number of rotatable bonds is 2. The van der Waals surface area contributed by atoms with E-state index in [1.165, 1.54) is 43.4 Å². The molecule has 9 aromatic carbocycles. The molecule has 9 aromatic rings. The first kappa shape index (κ1) is 17.4.